The molecule has 23 heavy (non-hydrogen) atoms. The van der Waals surface area contributed by atoms with Crippen LogP contribution < -0.4 is 10.6 Å². The Labute approximate surface area is 137 Å². The molecule has 4 heteroatoms. The van der Waals surface area contributed by atoms with Crippen LogP contribution in [0, 0.1) is 20.8 Å². The number of urea groups is 1. The van der Waals surface area contributed by atoms with Crippen molar-refractivity contribution in [1.29, 1.82) is 0 Å². The molecule has 0 atom stereocenters. The third-order valence-corrected chi connectivity index (χ3v) is 3.99. The van der Waals surface area contributed by atoms with E-state index < -0.39 is 0 Å². The SMILES string of the molecule is Cc1cc(C)c(CNC(=O)NCc2ccccc2CO)c(C)c1. The minimum Gasteiger partial charge on any atom is -0.392 e. The molecule has 0 spiro atoms. The number of aryl methyl sites for hydroxylation is 3. The van der Waals surface area contributed by atoms with Gasteiger partial charge in [0.2, 0.25) is 0 Å². The minimum absolute atomic E-state index is 0.0266. The Balaban J connectivity index is 1.91. The highest BCUT2D eigenvalue weighted by atomic mass is 16.3. The molecule has 0 aromatic heterocycles. The van der Waals surface area contributed by atoms with Gasteiger partial charge in [0.1, 0.15) is 0 Å². The molecule has 0 saturated heterocycles. The van der Waals surface area contributed by atoms with Crippen molar-refractivity contribution < 1.29 is 9.90 Å². The van der Waals surface area contributed by atoms with Crippen molar-refractivity contribution in [2.24, 2.45) is 0 Å². The van der Waals surface area contributed by atoms with Crippen LogP contribution in [0.15, 0.2) is 36.4 Å². The van der Waals surface area contributed by atoms with Crippen LogP contribution >= 0.6 is 0 Å². The van der Waals surface area contributed by atoms with E-state index in [0.29, 0.717) is 13.1 Å². The number of hydrogen-bond acceptors (Lipinski definition) is 2. The molecule has 0 fully saturated rings. The van der Waals surface area contributed by atoms with E-state index in [1.807, 2.05) is 24.3 Å². The van der Waals surface area contributed by atoms with Crippen molar-refractivity contribution >= 4 is 6.03 Å². The number of rotatable bonds is 5. The van der Waals surface area contributed by atoms with Crippen molar-refractivity contribution in [3.8, 4) is 0 Å². The van der Waals surface area contributed by atoms with Crippen LogP contribution in [-0.2, 0) is 19.7 Å². The smallest absolute Gasteiger partial charge is 0.315 e. The van der Waals surface area contributed by atoms with Gasteiger partial charge < -0.3 is 15.7 Å². The van der Waals surface area contributed by atoms with Crippen LogP contribution in [0.4, 0.5) is 4.79 Å². The van der Waals surface area contributed by atoms with Crippen molar-refractivity contribution in [2.45, 2.75) is 40.5 Å². The molecular weight excluding hydrogens is 288 g/mol. The van der Waals surface area contributed by atoms with Crippen LogP contribution in [0.2, 0.25) is 0 Å². The van der Waals surface area contributed by atoms with E-state index in [1.54, 1.807) is 0 Å². The average molecular weight is 312 g/mol. The number of aliphatic hydroxyl groups is 1. The van der Waals surface area contributed by atoms with Gasteiger partial charge in [0.25, 0.3) is 0 Å². The highest BCUT2D eigenvalue weighted by Gasteiger charge is 2.07. The Bertz CT molecular complexity index is 673. The fourth-order valence-corrected chi connectivity index (χ4v) is 2.78. The minimum atomic E-state index is -0.211. The summed E-state index contributed by atoms with van der Waals surface area (Å²) in [6, 6.07) is 11.6. The molecule has 0 unspecified atom stereocenters. The fourth-order valence-electron chi connectivity index (χ4n) is 2.78. The summed E-state index contributed by atoms with van der Waals surface area (Å²) in [6.07, 6.45) is 0. The zero-order chi connectivity index (χ0) is 16.8. The molecule has 2 aromatic carbocycles. The molecule has 4 nitrogen and oxygen atoms in total. The van der Waals surface area contributed by atoms with Gasteiger partial charge in [0.05, 0.1) is 6.61 Å². The molecule has 3 N–H and O–H groups in total. The van der Waals surface area contributed by atoms with Gasteiger partial charge in [-0.1, -0.05) is 42.0 Å². The molecule has 0 aliphatic carbocycles. The second-order valence-corrected chi connectivity index (χ2v) is 5.84. The van der Waals surface area contributed by atoms with Gasteiger partial charge in [-0.05, 0) is 48.6 Å². The van der Waals surface area contributed by atoms with E-state index in [9.17, 15) is 9.90 Å². The zero-order valence-electron chi connectivity index (χ0n) is 13.9. The first-order valence-corrected chi connectivity index (χ1v) is 7.77. The molecule has 2 rings (SSSR count). The van der Waals surface area contributed by atoms with E-state index >= 15 is 0 Å². The lowest BCUT2D eigenvalue weighted by Gasteiger charge is -2.13. The van der Waals surface area contributed by atoms with Gasteiger partial charge in [0.15, 0.2) is 0 Å². The average Bonchev–Trinajstić information content (AvgIpc) is 2.52. The molecule has 2 amide bonds. The second kappa shape index (κ2) is 7.79. The number of benzene rings is 2. The van der Waals surface area contributed by atoms with Crippen molar-refractivity contribution in [1.82, 2.24) is 10.6 Å². The standard InChI is InChI=1S/C19H24N2O2/c1-13-8-14(2)18(15(3)9-13)11-21-19(23)20-10-16-6-4-5-7-17(16)12-22/h4-9,22H,10-12H2,1-3H3,(H2,20,21,23). The first-order valence-electron chi connectivity index (χ1n) is 7.77. The zero-order valence-corrected chi connectivity index (χ0v) is 13.9. The highest BCUT2D eigenvalue weighted by molar-refractivity contribution is 5.74. The third kappa shape index (κ3) is 4.57. The van der Waals surface area contributed by atoms with Gasteiger partial charge >= 0.3 is 6.03 Å². The highest BCUT2D eigenvalue weighted by Crippen LogP contribution is 2.16. The Kier molecular flexibility index (Phi) is 5.77. The normalized spacial score (nSPS) is 10.4. The van der Waals surface area contributed by atoms with Crippen LogP contribution in [0.25, 0.3) is 0 Å². The molecule has 0 saturated carbocycles. The van der Waals surface area contributed by atoms with Gasteiger partial charge in [-0.3, -0.25) is 0 Å². The molecule has 2 aromatic rings. The lowest BCUT2D eigenvalue weighted by atomic mass is 10.00. The first kappa shape index (κ1) is 17.0. The number of hydrogen-bond donors (Lipinski definition) is 3. The van der Waals surface area contributed by atoms with Gasteiger partial charge in [-0.15, -0.1) is 0 Å². The van der Waals surface area contributed by atoms with Crippen LogP contribution in [0.3, 0.4) is 0 Å². The number of nitrogens with one attached hydrogen (secondary N) is 2. The first-order chi connectivity index (χ1) is 11.0. The summed E-state index contributed by atoms with van der Waals surface area (Å²) in [5, 5.41) is 15.0. The number of amides is 2. The topological polar surface area (TPSA) is 61.4 Å². The van der Waals surface area contributed by atoms with Gasteiger partial charge in [-0.25, -0.2) is 4.79 Å². The van der Waals surface area contributed by atoms with E-state index in [4.69, 9.17) is 0 Å². The molecule has 0 aliphatic rings. The molecule has 0 bridgehead atoms. The summed E-state index contributed by atoms with van der Waals surface area (Å²) < 4.78 is 0. The monoisotopic (exact) mass is 312 g/mol. The van der Waals surface area contributed by atoms with Crippen molar-refractivity contribution in [3.05, 3.63) is 69.8 Å². The summed E-state index contributed by atoms with van der Waals surface area (Å²) in [5.74, 6) is 0. The molecule has 0 radical (unpaired) electrons. The second-order valence-electron chi connectivity index (χ2n) is 5.84. The van der Waals surface area contributed by atoms with E-state index in [0.717, 1.165) is 16.7 Å². The Morgan fingerprint density at radius 3 is 2.13 bits per heavy atom. The summed E-state index contributed by atoms with van der Waals surface area (Å²) in [7, 11) is 0. The quantitative estimate of drug-likeness (QED) is 0.794. The maximum Gasteiger partial charge on any atom is 0.315 e. The lowest BCUT2D eigenvalue weighted by molar-refractivity contribution is 0.239. The maximum atomic E-state index is 12.0. The predicted molar refractivity (Wildman–Crippen MR) is 92.1 cm³/mol. The van der Waals surface area contributed by atoms with Gasteiger partial charge in [-0.2, -0.15) is 0 Å². The van der Waals surface area contributed by atoms with E-state index in [-0.39, 0.29) is 12.6 Å². The van der Waals surface area contributed by atoms with Crippen molar-refractivity contribution in [2.75, 3.05) is 0 Å². The van der Waals surface area contributed by atoms with Crippen LogP contribution in [-0.4, -0.2) is 11.1 Å². The number of carbonyl (C=O) groups excluding carboxylic acids is 1. The number of carbonyl (C=O) groups is 1. The Hall–Kier alpha value is -2.33. The summed E-state index contributed by atoms with van der Waals surface area (Å²) >= 11 is 0. The van der Waals surface area contributed by atoms with Crippen LogP contribution in [0.5, 0.6) is 0 Å². The van der Waals surface area contributed by atoms with Gasteiger partial charge in [0, 0.05) is 13.1 Å². The molecular formula is C19H24N2O2. The number of aliphatic hydroxyl groups excluding tert-OH is 1. The van der Waals surface area contributed by atoms with E-state index in [1.165, 1.54) is 16.7 Å². The predicted octanol–water partition coefficient (Wildman–Crippen LogP) is 3.10. The summed E-state index contributed by atoms with van der Waals surface area (Å²) in [4.78, 5) is 12.0. The summed E-state index contributed by atoms with van der Waals surface area (Å²) in [5.41, 5.74) is 6.52. The maximum absolute atomic E-state index is 12.0. The molecule has 122 valence electrons. The molecule has 0 aliphatic heterocycles. The molecule has 0 heterocycles. The Morgan fingerprint density at radius 2 is 1.52 bits per heavy atom. The largest absolute Gasteiger partial charge is 0.392 e. The van der Waals surface area contributed by atoms with Crippen molar-refractivity contribution in [3.63, 3.8) is 0 Å². The Morgan fingerprint density at radius 1 is 0.957 bits per heavy atom. The van der Waals surface area contributed by atoms with E-state index in [2.05, 4.69) is 43.5 Å². The third-order valence-electron chi connectivity index (χ3n) is 3.99. The summed E-state index contributed by atoms with van der Waals surface area (Å²) in [6.45, 7) is 7.07. The fraction of sp³-hybridized carbons (Fsp3) is 0.316. The lowest BCUT2D eigenvalue weighted by Crippen LogP contribution is -2.35. The van der Waals surface area contributed by atoms with Crippen LogP contribution in [0.1, 0.15) is 33.4 Å².